The first kappa shape index (κ1) is 23.4. The van der Waals surface area contributed by atoms with E-state index < -0.39 is 11.7 Å². The number of alkyl halides is 3. The number of carbonyl (C=O) groups excluding carboxylic acids is 1. The van der Waals surface area contributed by atoms with Crippen LogP contribution in [0.2, 0.25) is 0 Å². The van der Waals surface area contributed by atoms with Crippen LogP contribution in [0.3, 0.4) is 0 Å². The fourth-order valence-corrected chi connectivity index (χ4v) is 5.50. The molecule has 0 bridgehead atoms. The molecular formula is C23H24F3N3O3S. The Morgan fingerprint density at radius 2 is 2.15 bits per heavy atom. The molecule has 2 aromatic heterocycles. The van der Waals surface area contributed by atoms with Crippen LogP contribution in [0, 0.1) is 0 Å². The molecule has 176 valence electrons. The summed E-state index contributed by atoms with van der Waals surface area (Å²) in [5, 5.41) is 0.552. The number of thiophene rings is 1. The molecule has 0 radical (unpaired) electrons. The minimum Gasteiger partial charge on any atom is -0.465 e. The predicted molar refractivity (Wildman–Crippen MR) is 120 cm³/mol. The Kier molecular flexibility index (Phi) is 6.58. The van der Waals surface area contributed by atoms with Crippen LogP contribution in [0.4, 0.5) is 13.2 Å². The van der Waals surface area contributed by atoms with E-state index in [1.54, 1.807) is 13.0 Å². The molecule has 0 unspecified atom stereocenters. The van der Waals surface area contributed by atoms with Gasteiger partial charge in [-0.05, 0) is 56.5 Å². The number of aromatic nitrogens is 2. The van der Waals surface area contributed by atoms with E-state index in [2.05, 4.69) is 4.98 Å². The topological polar surface area (TPSA) is 64.4 Å². The van der Waals surface area contributed by atoms with Crippen LogP contribution in [-0.2, 0) is 35.1 Å². The maximum absolute atomic E-state index is 13.2. The van der Waals surface area contributed by atoms with E-state index in [9.17, 15) is 22.8 Å². The van der Waals surface area contributed by atoms with Gasteiger partial charge in [-0.2, -0.15) is 13.2 Å². The molecule has 1 aromatic carbocycles. The van der Waals surface area contributed by atoms with E-state index in [4.69, 9.17) is 4.74 Å². The van der Waals surface area contributed by atoms with E-state index in [-0.39, 0.29) is 30.7 Å². The fraction of sp³-hybridized carbons (Fsp3) is 0.435. The Bertz CT molecular complexity index is 1240. The zero-order valence-electron chi connectivity index (χ0n) is 18.3. The lowest BCUT2D eigenvalue weighted by Crippen LogP contribution is -2.39. The Morgan fingerprint density at radius 3 is 2.88 bits per heavy atom. The van der Waals surface area contributed by atoms with Gasteiger partial charge in [-0.1, -0.05) is 12.1 Å². The lowest BCUT2D eigenvalue weighted by molar-refractivity contribution is -0.144. The second-order valence-corrected chi connectivity index (χ2v) is 9.26. The van der Waals surface area contributed by atoms with Crippen LogP contribution in [0.5, 0.6) is 0 Å². The molecule has 0 amide bonds. The molecule has 1 aliphatic rings. The van der Waals surface area contributed by atoms with Crippen LogP contribution in [0.1, 0.15) is 34.9 Å². The first-order chi connectivity index (χ1) is 15.7. The summed E-state index contributed by atoms with van der Waals surface area (Å²) in [6, 6.07) is 5.14. The lowest BCUT2D eigenvalue weighted by Gasteiger charge is -2.30. The molecule has 2 heterocycles. The number of ether oxygens (including phenoxy) is 1. The Labute approximate surface area is 192 Å². The molecular weight excluding hydrogens is 455 g/mol. The molecule has 0 N–H and O–H groups in total. The molecule has 3 aromatic rings. The van der Waals surface area contributed by atoms with Gasteiger partial charge in [0.05, 0.1) is 37.0 Å². The normalized spacial score (nSPS) is 16.2. The first-order valence-corrected chi connectivity index (χ1v) is 11.5. The highest BCUT2D eigenvalue weighted by Crippen LogP contribution is 2.35. The van der Waals surface area contributed by atoms with Crippen molar-refractivity contribution in [3.8, 4) is 0 Å². The zero-order chi connectivity index (χ0) is 23.8. The summed E-state index contributed by atoms with van der Waals surface area (Å²) in [4.78, 5) is 33.1. The van der Waals surface area contributed by atoms with E-state index in [1.165, 1.54) is 28.3 Å². The lowest BCUT2D eigenvalue weighted by atomic mass is 9.92. The molecule has 1 atom stereocenters. The van der Waals surface area contributed by atoms with Gasteiger partial charge >= 0.3 is 12.1 Å². The summed E-state index contributed by atoms with van der Waals surface area (Å²) in [6.45, 7) is 2.34. The number of halogens is 3. The number of rotatable bonds is 6. The van der Waals surface area contributed by atoms with Crippen LogP contribution in [-0.4, -0.2) is 46.7 Å². The number of aryl methyl sites for hydroxylation is 1. The van der Waals surface area contributed by atoms with Crippen molar-refractivity contribution < 1.29 is 22.7 Å². The highest BCUT2D eigenvalue weighted by Gasteiger charge is 2.31. The van der Waals surface area contributed by atoms with Gasteiger partial charge in [-0.3, -0.25) is 19.1 Å². The van der Waals surface area contributed by atoms with E-state index >= 15 is 0 Å². The van der Waals surface area contributed by atoms with Crippen molar-refractivity contribution in [2.45, 2.75) is 44.9 Å². The largest absolute Gasteiger partial charge is 0.465 e. The smallest absolute Gasteiger partial charge is 0.416 e. The average Bonchev–Trinajstić information content (AvgIpc) is 3.14. The predicted octanol–water partition coefficient (Wildman–Crippen LogP) is 3.88. The summed E-state index contributed by atoms with van der Waals surface area (Å²) in [6.07, 6.45) is -0.864. The summed E-state index contributed by atoms with van der Waals surface area (Å²) < 4.78 is 45.5. The van der Waals surface area contributed by atoms with Crippen molar-refractivity contribution in [3.63, 3.8) is 0 Å². The van der Waals surface area contributed by atoms with E-state index in [1.807, 2.05) is 11.9 Å². The second-order valence-electron chi connectivity index (χ2n) is 8.18. The molecule has 10 heteroatoms. The minimum absolute atomic E-state index is 0.0151. The molecule has 0 spiro atoms. The zero-order valence-corrected chi connectivity index (χ0v) is 19.1. The van der Waals surface area contributed by atoms with Crippen molar-refractivity contribution >= 4 is 27.5 Å². The van der Waals surface area contributed by atoms with Crippen LogP contribution >= 0.6 is 11.3 Å². The summed E-state index contributed by atoms with van der Waals surface area (Å²) in [7, 11) is 1.89. The van der Waals surface area contributed by atoms with Crippen LogP contribution in [0.25, 0.3) is 10.2 Å². The number of fused-ring (bicyclic) bond motifs is 3. The molecule has 0 saturated heterocycles. The Balaban J connectivity index is 1.58. The molecule has 0 fully saturated rings. The van der Waals surface area contributed by atoms with Gasteiger partial charge in [0, 0.05) is 10.9 Å². The van der Waals surface area contributed by atoms with Gasteiger partial charge in [0.15, 0.2) is 0 Å². The molecule has 0 saturated carbocycles. The van der Waals surface area contributed by atoms with Gasteiger partial charge in [0.2, 0.25) is 0 Å². The van der Waals surface area contributed by atoms with Gasteiger partial charge in [0.1, 0.15) is 4.83 Å². The van der Waals surface area contributed by atoms with Crippen molar-refractivity contribution in [2.75, 3.05) is 20.2 Å². The molecule has 6 nitrogen and oxygen atoms in total. The van der Waals surface area contributed by atoms with Crippen LogP contribution < -0.4 is 5.56 Å². The number of likely N-dealkylation sites (N-methyl/N-ethyl adjacent to an activating group) is 1. The van der Waals surface area contributed by atoms with Gasteiger partial charge in [-0.25, -0.2) is 4.98 Å². The van der Waals surface area contributed by atoms with Gasteiger partial charge < -0.3 is 4.74 Å². The van der Waals surface area contributed by atoms with Crippen molar-refractivity contribution in [2.24, 2.45) is 0 Å². The van der Waals surface area contributed by atoms with Gasteiger partial charge in [-0.15, -0.1) is 11.3 Å². The number of nitrogens with zero attached hydrogens (tertiary/aromatic N) is 3. The third-order valence-corrected chi connectivity index (χ3v) is 7.09. The molecule has 4 rings (SSSR count). The fourth-order valence-electron chi connectivity index (χ4n) is 4.25. The first-order valence-electron chi connectivity index (χ1n) is 10.7. The standard InChI is InChI=1S/C23H24F3N3O3S/c1-3-32-19(30)12-28(2)16-7-8-17-18(10-16)33-21-20(17)22(31)29(13-27-21)11-14-5-4-6-15(9-14)23(24,25)26/h4-6,9,13,16H,3,7-8,10-12H2,1-2H3/t16-/m1/s1. The van der Waals surface area contributed by atoms with Gasteiger partial charge in [0.25, 0.3) is 5.56 Å². The highest BCUT2D eigenvalue weighted by atomic mass is 32.1. The number of benzene rings is 1. The maximum atomic E-state index is 13.2. The van der Waals surface area contributed by atoms with E-state index in [0.29, 0.717) is 35.2 Å². The van der Waals surface area contributed by atoms with Crippen molar-refractivity contribution in [3.05, 3.63) is 62.5 Å². The third kappa shape index (κ3) is 4.96. The monoisotopic (exact) mass is 479 g/mol. The number of hydrogen-bond donors (Lipinski definition) is 0. The second kappa shape index (κ2) is 9.26. The summed E-state index contributed by atoms with van der Waals surface area (Å²) >= 11 is 1.47. The Hall–Kier alpha value is -2.72. The summed E-state index contributed by atoms with van der Waals surface area (Å²) in [5.41, 5.74) is 0.366. The van der Waals surface area contributed by atoms with Crippen LogP contribution in [0.15, 0.2) is 35.4 Å². The number of esters is 1. The highest BCUT2D eigenvalue weighted by molar-refractivity contribution is 7.18. The minimum atomic E-state index is -4.44. The molecule has 1 aliphatic carbocycles. The van der Waals surface area contributed by atoms with Crippen molar-refractivity contribution in [1.82, 2.24) is 14.5 Å². The quantitative estimate of drug-likeness (QED) is 0.502. The number of hydrogen-bond acceptors (Lipinski definition) is 6. The van der Waals surface area contributed by atoms with E-state index in [0.717, 1.165) is 29.0 Å². The molecule has 0 aliphatic heterocycles. The van der Waals surface area contributed by atoms with Crippen molar-refractivity contribution in [1.29, 1.82) is 0 Å². The molecule has 33 heavy (non-hydrogen) atoms. The Morgan fingerprint density at radius 1 is 1.36 bits per heavy atom. The SMILES string of the molecule is CCOC(=O)CN(C)[C@@H]1CCc2c(sc3ncn(Cc4cccc(C(F)(F)F)c4)c(=O)c23)C1. The third-order valence-electron chi connectivity index (χ3n) is 5.92. The maximum Gasteiger partial charge on any atom is 0.416 e. The average molecular weight is 480 g/mol. The summed E-state index contributed by atoms with van der Waals surface area (Å²) in [5.74, 6) is -0.263. The number of carbonyl (C=O) groups is 1.